The Morgan fingerprint density at radius 3 is 2.36 bits per heavy atom. The third-order valence-corrected chi connectivity index (χ3v) is 4.69. The van der Waals surface area contributed by atoms with Crippen molar-refractivity contribution in [3.8, 4) is 5.75 Å². The first-order valence-corrected chi connectivity index (χ1v) is 10.7. The van der Waals surface area contributed by atoms with Gasteiger partial charge in [-0.15, -0.1) is 6.58 Å². The van der Waals surface area contributed by atoms with Crippen LogP contribution in [0.5, 0.6) is 5.75 Å². The minimum Gasteiger partial charge on any atom is -0.480 e. The molecule has 3 rings (SSSR count). The van der Waals surface area contributed by atoms with Crippen LogP contribution in [0.4, 0.5) is 8.78 Å². The molecule has 0 saturated carbocycles. The lowest BCUT2D eigenvalue weighted by atomic mass is 10.1. The van der Waals surface area contributed by atoms with E-state index in [-0.39, 0.29) is 12.4 Å². The van der Waals surface area contributed by atoms with Crippen LogP contribution in [0.1, 0.15) is 11.8 Å². The summed E-state index contributed by atoms with van der Waals surface area (Å²) >= 11 is 0. The molecule has 3 aromatic rings. The van der Waals surface area contributed by atoms with Crippen molar-refractivity contribution in [2.75, 3.05) is 20.1 Å². The van der Waals surface area contributed by atoms with Crippen LogP contribution in [0.2, 0.25) is 0 Å². The Kier molecular flexibility index (Phi) is 10.5. The molecule has 2 aromatic carbocycles. The topological polar surface area (TPSA) is 105 Å². The minimum absolute atomic E-state index is 0.0912. The van der Waals surface area contributed by atoms with Gasteiger partial charge in [-0.1, -0.05) is 30.3 Å². The highest BCUT2D eigenvalue weighted by atomic mass is 19.1. The van der Waals surface area contributed by atoms with E-state index in [0.29, 0.717) is 41.0 Å². The summed E-state index contributed by atoms with van der Waals surface area (Å²) in [6.07, 6.45) is 3.29. The van der Waals surface area contributed by atoms with E-state index in [1.54, 1.807) is 54.0 Å². The predicted octanol–water partition coefficient (Wildman–Crippen LogP) is 4.52. The quantitative estimate of drug-likeness (QED) is 0.312. The normalized spacial score (nSPS) is 12.3. The summed E-state index contributed by atoms with van der Waals surface area (Å²) in [4.78, 5) is 20.9. The van der Waals surface area contributed by atoms with Gasteiger partial charge in [0.15, 0.2) is 6.10 Å². The van der Waals surface area contributed by atoms with E-state index < -0.39 is 23.9 Å². The second kappa shape index (κ2) is 13.5. The number of likely N-dealkylation sites (N-methyl/N-ethyl adjacent to an activating group) is 1. The summed E-state index contributed by atoms with van der Waals surface area (Å²) in [6, 6.07) is 13.8. The number of benzene rings is 2. The van der Waals surface area contributed by atoms with Gasteiger partial charge in [-0.2, -0.15) is 5.10 Å². The molecular formula is C26H27F2N3O5. The fourth-order valence-electron chi connectivity index (χ4n) is 3.22. The highest BCUT2D eigenvalue weighted by Crippen LogP contribution is 2.31. The smallest absolute Gasteiger partial charge is 0.328 e. The fourth-order valence-corrected chi connectivity index (χ4v) is 3.22. The number of hydrogen-bond donors (Lipinski definition) is 2. The largest absolute Gasteiger partial charge is 0.480 e. The zero-order valence-electron chi connectivity index (χ0n) is 19.8. The van der Waals surface area contributed by atoms with Gasteiger partial charge in [0.2, 0.25) is 0 Å². The first-order valence-electron chi connectivity index (χ1n) is 10.7. The van der Waals surface area contributed by atoms with E-state index in [9.17, 15) is 18.4 Å². The van der Waals surface area contributed by atoms with Crippen LogP contribution in [0.15, 0.2) is 85.2 Å². The van der Waals surface area contributed by atoms with E-state index in [4.69, 9.17) is 14.9 Å². The van der Waals surface area contributed by atoms with Gasteiger partial charge in [0, 0.05) is 25.7 Å². The van der Waals surface area contributed by atoms with Crippen molar-refractivity contribution in [3.63, 3.8) is 0 Å². The molecule has 0 aliphatic rings. The summed E-state index contributed by atoms with van der Waals surface area (Å²) in [7, 11) is 3.51. The molecule has 1 unspecified atom stereocenters. The van der Waals surface area contributed by atoms with Gasteiger partial charge in [-0.25, -0.2) is 18.4 Å². The van der Waals surface area contributed by atoms with Crippen LogP contribution in [0.25, 0.3) is 10.9 Å². The maximum atomic E-state index is 14.7. The third-order valence-electron chi connectivity index (χ3n) is 4.69. The number of nitrogens with zero attached hydrogens (tertiary/aromatic N) is 3. The van der Waals surface area contributed by atoms with E-state index in [0.717, 1.165) is 0 Å². The second-order valence-electron chi connectivity index (χ2n) is 7.60. The zero-order chi connectivity index (χ0) is 26.7. The first-order chi connectivity index (χ1) is 17.1. The Morgan fingerprint density at radius 1 is 1.14 bits per heavy atom. The monoisotopic (exact) mass is 499 g/mol. The maximum Gasteiger partial charge on any atom is 0.328 e. The van der Waals surface area contributed by atoms with Crippen LogP contribution in [0.3, 0.4) is 0 Å². The predicted molar refractivity (Wildman–Crippen MR) is 132 cm³/mol. The average Bonchev–Trinajstić information content (AvgIpc) is 3.16. The van der Waals surface area contributed by atoms with Crippen molar-refractivity contribution in [1.82, 2.24) is 14.7 Å². The van der Waals surface area contributed by atoms with Gasteiger partial charge in [0.05, 0.1) is 17.4 Å². The molecule has 1 aromatic heterocycles. The number of aliphatic carboxylic acids is 2. The number of fused-ring (bicyclic) bond motifs is 1. The van der Waals surface area contributed by atoms with Gasteiger partial charge < -0.3 is 14.9 Å². The molecule has 0 aliphatic carbocycles. The van der Waals surface area contributed by atoms with E-state index in [1.165, 1.54) is 12.1 Å². The lowest BCUT2D eigenvalue weighted by molar-refractivity contribution is -0.134. The van der Waals surface area contributed by atoms with Crippen molar-refractivity contribution >= 4 is 22.8 Å². The highest BCUT2D eigenvalue weighted by Gasteiger charge is 2.23. The Hall–Kier alpha value is -4.31. The molecule has 0 spiro atoms. The first kappa shape index (κ1) is 27.9. The van der Waals surface area contributed by atoms with E-state index in [1.807, 2.05) is 18.2 Å². The Morgan fingerprint density at radius 2 is 1.78 bits per heavy atom. The molecule has 0 aliphatic heterocycles. The molecule has 190 valence electrons. The third kappa shape index (κ3) is 8.48. The SMILES string of the molecule is C=CCN(C)CC(F)=CC(Oc1ccccc1)c1nn(C)c2cccc(F)c12.O=C(O)C=CC(=O)O. The number of rotatable bonds is 10. The summed E-state index contributed by atoms with van der Waals surface area (Å²) in [5, 5.41) is 20.4. The Labute approximate surface area is 207 Å². The van der Waals surface area contributed by atoms with Crippen molar-refractivity contribution < 1.29 is 33.3 Å². The number of ether oxygens (including phenoxy) is 1. The second-order valence-corrected chi connectivity index (χ2v) is 7.60. The number of aromatic nitrogens is 2. The molecule has 1 atom stereocenters. The van der Waals surface area contributed by atoms with Crippen molar-refractivity contribution in [1.29, 1.82) is 0 Å². The van der Waals surface area contributed by atoms with Crippen LogP contribution in [-0.2, 0) is 16.6 Å². The lowest BCUT2D eigenvalue weighted by Gasteiger charge is -2.17. The molecule has 36 heavy (non-hydrogen) atoms. The van der Waals surface area contributed by atoms with Crippen LogP contribution in [-0.4, -0.2) is 57.0 Å². The molecule has 0 amide bonds. The van der Waals surface area contributed by atoms with Gasteiger partial charge >= 0.3 is 11.9 Å². The summed E-state index contributed by atoms with van der Waals surface area (Å²) < 4.78 is 36.8. The standard InChI is InChI=1S/C22H23F2N3O.C4H4O4/c1-4-13-26(2)15-16(23)14-20(28-17-9-6-5-7-10-17)22-21-18(24)11-8-12-19(21)27(3)25-22;5-3(6)1-2-4(7)8/h4-12,14,20H,1,13,15H2,2-3H3;1-2H,(H,5,6)(H,7,8). The molecule has 1 heterocycles. The minimum atomic E-state index is -1.26. The van der Waals surface area contributed by atoms with Gasteiger partial charge in [-0.05, 0) is 37.4 Å². The van der Waals surface area contributed by atoms with E-state index in [2.05, 4.69) is 11.7 Å². The molecule has 0 saturated heterocycles. The summed E-state index contributed by atoms with van der Waals surface area (Å²) in [5.74, 6) is -2.77. The van der Waals surface area contributed by atoms with Crippen molar-refractivity contribution in [2.45, 2.75) is 6.10 Å². The zero-order valence-corrected chi connectivity index (χ0v) is 19.8. The number of hydrogen-bond acceptors (Lipinski definition) is 5. The van der Waals surface area contributed by atoms with Gasteiger partial charge in [0.25, 0.3) is 0 Å². The summed E-state index contributed by atoms with van der Waals surface area (Å²) in [5.41, 5.74) is 0.954. The maximum absolute atomic E-state index is 14.7. The molecular weight excluding hydrogens is 472 g/mol. The van der Waals surface area contributed by atoms with Gasteiger partial charge in [-0.3, -0.25) is 9.58 Å². The average molecular weight is 500 g/mol. The number of para-hydroxylation sites is 1. The highest BCUT2D eigenvalue weighted by molar-refractivity contribution is 5.89. The Bertz CT molecular complexity index is 1240. The molecule has 2 N–H and O–H groups in total. The van der Waals surface area contributed by atoms with Crippen molar-refractivity contribution in [2.24, 2.45) is 7.05 Å². The van der Waals surface area contributed by atoms with Gasteiger partial charge in [0.1, 0.15) is 23.1 Å². The number of carboxylic acid groups (broad SMARTS) is 2. The van der Waals surface area contributed by atoms with Crippen LogP contribution in [0, 0.1) is 5.82 Å². The number of halogens is 2. The number of carbonyl (C=O) groups is 2. The number of aryl methyl sites for hydroxylation is 1. The molecule has 10 heteroatoms. The fraction of sp³-hybridized carbons (Fsp3) is 0.192. The molecule has 0 bridgehead atoms. The number of carboxylic acids is 2. The van der Waals surface area contributed by atoms with Crippen LogP contribution >= 0.6 is 0 Å². The molecule has 0 fully saturated rings. The van der Waals surface area contributed by atoms with E-state index >= 15 is 0 Å². The van der Waals surface area contributed by atoms with Crippen molar-refractivity contribution in [3.05, 3.63) is 96.8 Å². The summed E-state index contributed by atoms with van der Waals surface area (Å²) in [6.45, 7) is 4.30. The Balaban J connectivity index is 0.000000493. The van der Waals surface area contributed by atoms with Crippen LogP contribution < -0.4 is 4.74 Å². The molecule has 0 radical (unpaired) electrons. The molecule has 8 nitrogen and oxygen atoms in total. The lowest BCUT2D eigenvalue weighted by Crippen LogP contribution is -2.20.